The molecule has 1 aromatic heterocycles. The number of allylic oxidation sites excluding steroid dienone is 3. The third-order valence-corrected chi connectivity index (χ3v) is 5.99. The Kier molecular flexibility index (Phi) is 12.2. The van der Waals surface area contributed by atoms with Crippen LogP contribution in [-0.4, -0.2) is 24.0 Å². The van der Waals surface area contributed by atoms with Crippen LogP contribution in [0.2, 0.25) is 0 Å². The highest BCUT2D eigenvalue weighted by Gasteiger charge is 2.06. The number of hydrogen-bond acceptors (Lipinski definition) is 3. The first-order chi connectivity index (χ1) is 16.4. The number of carbonyl (C=O) groups excluding carboxylic acids is 1. The standard InChI is InChI=1S/C30H42N2O2/c1-6-7-8-13-26(27-17-19-28(34-5)20-18-27)14-10-15-30(33)32-24(4)11-9-12-25-16-21-29(23(2)3)31-22-25/h10,14-24H,6-9,11-13H2,1-5H3,(H,32,33)/t24-/m1/s1. The molecule has 0 aliphatic heterocycles. The van der Waals surface area contributed by atoms with Crippen LogP contribution in [0.4, 0.5) is 0 Å². The molecule has 1 N–H and O–H groups in total. The molecule has 0 aliphatic rings. The van der Waals surface area contributed by atoms with Gasteiger partial charge in [0.15, 0.2) is 0 Å². The Balaban J connectivity index is 1.84. The molecule has 4 heteroatoms. The van der Waals surface area contributed by atoms with Crippen molar-refractivity contribution in [3.05, 3.63) is 77.6 Å². The van der Waals surface area contributed by atoms with E-state index in [1.54, 1.807) is 13.2 Å². The summed E-state index contributed by atoms with van der Waals surface area (Å²) in [5.41, 5.74) is 4.80. The molecule has 1 aromatic carbocycles. The lowest BCUT2D eigenvalue weighted by molar-refractivity contribution is -0.117. The van der Waals surface area contributed by atoms with Gasteiger partial charge in [0.2, 0.25) is 5.91 Å². The Bertz CT molecular complexity index is 912. The zero-order chi connectivity index (χ0) is 24.8. The Morgan fingerprint density at radius 2 is 1.82 bits per heavy atom. The summed E-state index contributed by atoms with van der Waals surface area (Å²) in [4.78, 5) is 16.9. The number of hydrogen-bond donors (Lipinski definition) is 1. The zero-order valence-electron chi connectivity index (χ0n) is 21.6. The number of nitrogens with zero attached hydrogens (tertiary/aromatic N) is 1. The molecule has 2 aromatic rings. The van der Waals surface area contributed by atoms with Crippen LogP contribution < -0.4 is 10.1 Å². The minimum Gasteiger partial charge on any atom is -0.497 e. The number of amides is 1. The number of benzene rings is 1. The van der Waals surface area contributed by atoms with E-state index in [-0.39, 0.29) is 11.9 Å². The van der Waals surface area contributed by atoms with Crippen LogP contribution in [0, 0.1) is 0 Å². The molecule has 34 heavy (non-hydrogen) atoms. The van der Waals surface area contributed by atoms with Gasteiger partial charge in [0.1, 0.15) is 5.75 Å². The molecule has 0 aliphatic carbocycles. The molecule has 2 rings (SSSR count). The fourth-order valence-electron chi connectivity index (χ4n) is 3.85. The Morgan fingerprint density at radius 3 is 2.44 bits per heavy atom. The minimum atomic E-state index is -0.0469. The summed E-state index contributed by atoms with van der Waals surface area (Å²) in [5.74, 6) is 1.26. The second-order valence-electron chi connectivity index (χ2n) is 9.28. The fourth-order valence-corrected chi connectivity index (χ4v) is 3.85. The van der Waals surface area contributed by atoms with Crippen molar-refractivity contribution < 1.29 is 9.53 Å². The highest BCUT2D eigenvalue weighted by Crippen LogP contribution is 2.24. The molecule has 0 fully saturated rings. The van der Waals surface area contributed by atoms with Crippen molar-refractivity contribution in [3.63, 3.8) is 0 Å². The summed E-state index contributed by atoms with van der Waals surface area (Å²) in [6, 6.07) is 12.5. The highest BCUT2D eigenvalue weighted by molar-refractivity contribution is 5.88. The highest BCUT2D eigenvalue weighted by atomic mass is 16.5. The van der Waals surface area contributed by atoms with Gasteiger partial charge in [-0.1, -0.05) is 64.0 Å². The van der Waals surface area contributed by atoms with Gasteiger partial charge in [-0.3, -0.25) is 9.78 Å². The van der Waals surface area contributed by atoms with E-state index < -0.39 is 0 Å². The average Bonchev–Trinajstić information content (AvgIpc) is 2.83. The van der Waals surface area contributed by atoms with Gasteiger partial charge in [0.25, 0.3) is 0 Å². The van der Waals surface area contributed by atoms with E-state index in [4.69, 9.17) is 4.74 Å². The third kappa shape index (κ3) is 9.94. The van der Waals surface area contributed by atoms with E-state index in [1.165, 1.54) is 29.5 Å². The summed E-state index contributed by atoms with van der Waals surface area (Å²) >= 11 is 0. The first kappa shape index (κ1) is 27.4. The number of nitrogens with one attached hydrogen (secondary N) is 1. The number of ether oxygens (including phenoxy) is 1. The topological polar surface area (TPSA) is 51.2 Å². The lowest BCUT2D eigenvalue weighted by atomic mass is 9.99. The molecule has 184 valence electrons. The molecular weight excluding hydrogens is 420 g/mol. The van der Waals surface area contributed by atoms with Gasteiger partial charge >= 0.3 is 0 Å². The Morgan fingerprint density at radius 1 is 1.06 bits per heavy atom. The quantitative estimate of drug-likeness (QED) is 0.183. The van der Waals surface area contributed by atoms with E-state index in [1.807, 2.05) is 24.4 Å². The number of methoxy groups -OCH3 is 1. The molecule has 0 saturated carbocycles. The van der Waals surface area contributed by atoms with E-state index in [2.05, 4.69) is 68.3 Å². The zero-order valence-corrected chi connectivity index (χ0v) is 21.6. The van der Waals surface area contributed by atoms with Crippen LogP contribution in [0.5, 0.6) is 5.75 Å². The largest absolute Gasteiger partial charge is 0.497 e. The summed E-state index contributed by atoms with van der Waals surface area (Å²) in [6.45, 7) is 8.59. The van der Waals surface area contributed by atoms with E-state index >= 15 is 0 Å². The van der Waals surface area contributed by atoms with Crippen LogP contribution in [0.25, 0.3) is 5.57 Å². The lowest BCUT2D eigenvalue weighted by Gasteiger charge is -2.12. The van der Waals surface area contributed by atoms with Crippen LogP contribution in [0.1, 0.15) is 89.0 Å². The van der Waals surface area contributed by atoms with Gasteiger partial charge < -0.3 is 10.1 Å². The van der Waals surface area contributed by atoms with Crippen molar-refractivity contribution >= 4 is 11.5 Å². The molecule has 0 radical (unpaired) electrons. The van der Waals surface area contributed by atoms with Gasteiger partial charge in [-0.25, -0.2) is 0 Å². The molecular formula is C30H42N2O2. The molecule has 0 unspecified atom stereocenters. The molecule has 0 spiro atoms. The number of aromatic nitrogens is 1. The Labute approximate surface area is 206 Å². The maximum absolute atomic E-state index is 12.4. The predicted molar refractivity (Wildman–Crippen MR) is 143 cm³/mol. The van der Waals surface area contributed by atoms with Gasteiger partial charge in [-0.05, 0) is 79.8 Å². The number of unbranched alkanes of at least 4 members (excludes halogenated alkanes) is 2. The molecule has 1 atom stereocenters. The monoisotopic (exact) mass is 462 g/mol. The van der Waals surface area contributed by atoms with Crippen molar-refractivity contribution in [1.82, 2.24) is 10.3 Å². The molecule has 4 nitrogen and oxygen atoms in total. The van der Waals surface area contributed by atoms with Gasteiger partial charge in [0.05, 0.1) is 7.11 Å². The van der Waals surface area contributed by atoms with Crippen LogP contribution in [0.15, 0.2) is 60.8 Å². The normalized spacial score (nSPS) is 12.8. The van der Waals surface area contributed by atoms with Crippen molar-refractivity contribution in [2.45, 2.75) is 84.6 Å². The minimum absolute atomic E-state index is 0.0469. The van der Waals surface area contributed by atoms with E-state index in [9.17, 15) is 4.79 Å². The first-order valence-corrected chi connectivity index (χ1v) is 12.7. The second-order valence-corrected chi connectivity index (χ2v) is 9.28. The summed E-state index contributed by atoms with van der Waals surface area (Å²) in [7, 11) is 1.68. The maximum atomic E-state index is 12.4. The van der Waals surface area contributed by atoms with Crippen LogP contribution >= 0.6 is 0 Å². The maximum Gasteiger partial charge on any atom is 0.244 e. The number of rotatable bonds is 14. The van der Waals surface area contributed by atoms with E-state index in [0.29, 0.717) is 5.92 Å². The van der Waals surface area contributed by atoms with Crippen LogP contribution in [0.3, 0.4) is 0 Å². The van der Waals surface area contributed by atoms with Gasteiger partial charge in [-0.15, -0.1) is 0 Å². The average molecular weight is 463 g/mol. The Hall–Kier alpha value is -2.88. The van der Waals surface area contributed by atoms with Gasteiger partial charge in [0, 0.05) is 24.0 Å². The lowest BCUT2D eigenvalue weighted by Crippen LogP contribution is -2.31. The number of aryl methyl sites for hydroxylation is 1. The fraction of sp³-hybridized carbons (Fsp3) is 0.467. The second kappa shape index (κ2) is 15.1. The van der Waals surface area contributed by atoms with E-state index in [0.717, 1.165) is 43.5 Å². The SMILES string of the molecule is CCCCCC(=CC=CC(=O)N[C@H](C)CCCc1ccc(C(C)C)nc1)c1ccc(OC)cc1. The third-order valence-electron chi connectivity index (χ3n) is 5.99. The number of carbonyl (C=O) groups is 1. The van der Waals surface area contributed by atoms with Crippen molar-refractivity contribution in [3.8, 4) is 5.75 Å². The smallest absolute Gasteiger partial charge is 0.244 e. The van der Waals surface area contributed by atoms with Crippen molar-refractivity contribution in [1.29, 1.82) is 0 Å². The summed E-state index contributed by atoms with van der Waals surface area (Å²) in [6.07, 6.45) is 15.0. The first-order valence-electron chi connectivity index (χ1n) is 12.7. The van der Waals surface area contributed by atoms with Crippen LogP contribution in [-0.2, 0) is 11.2 Å². The van der Waals surface area contributed by atoms with Crippen molar-refractivity contribution in [2.75, 3.05) is 7.11 Å². The summed E-state index contributed by atoms with van der Waals surface area (Å²) < 4.78 is 5.27. The summed E-state index contributed by atoms with van der Waals surface area (Å²) in [5, 5.41) is 3.08. The molecule has 0 saturated heterocycles. The number of pyridine rings is 1. The molecule has 1 heterocycles. The molecule has 1 amide bonds. The molecule has 0 bridgehead atoms. The van der Waals surface area contributed by atoms with Gasteiger partial charge in [-0.2, -0.15) is 0 Å². The predicted octanol–water partition coefficient (Wildman–Crippen LogP) is 7.26. The van der Waals surface area contributed by atoms with Crippen molar-refractivity contribution in [2.24, 2.45) is 0 Å².